The molecule has 3 aromatic rings. The maximum atomic E-state index is 12.5. The van der Waals surface area contributed by atoms with Gasteiger partial charge in [-0.1, -0.05) is 29.8 Å². The molecule has 2 heterocycles. The number of aryl methyl sites for hydroxylation is 1. The Bertz CT molecular complexity index is 880. The number of rotatable bonds is 5. The van der Waals surface area contributed by atoms with E-state index in [1.165, 1.54) is 16.9 Å². The van der Waals surface area contributed by atoms with Gasteiger partial charge in [-0.15, -0.1) is 11.3 Å². The van der Waals surface area contributed by atoms with Crippen LogP contribution in [0.25, 0.3) is 11.4 Å². The van der Waals surface area contributed by atoms with Gasteiger partial charge in [0.05, 0.1) is 17.7 Å². The van der Waals surface area contributed by atoms with Crippen molar-refractivity contribution in [1.29, 1.82) is 0 Å². The van der Waals surface area contributed by atoms with E-state index in [0.29, 0.717) is 17.1 Å². The predicted molar refractivity (Wildman–Crippen MR) is 96.2 cm³/mol. The first-order valence-corrected chi connectivity index (χ1v) is 8.73. The minimum Gasteiger partial charge on any atom is -0.338 e. The zero-order valence-electron chi connectivity index (χ0n) is 13.4. The highest BCUT2D eigenvalue weighted by Crippen LogP contribution is 2.18. The molecule has 0 saturated heterocycles. The molecule has 0 aliphatic rings. The molecule has 0 aliphatic heterocycles. The van der Waals surface area contributed by atoms with Crippen molar-refractivity contribution in [2.24, 2.45) is 0 Å². The van der Waals surface area contributed by atoms with E-state index in [0.717, 1.165) is 11.3 Å². The lowest BCUT2D eigenvalue weighted by molar-refractivity contribution is -0.131. The number of nitrogens with one attached hydrogen (secondary N) is 1. The molecule has 0 unspecified atom stereocenters. The fourth-order valence-corrected chi connectivity index (χ4v) is 3.04. The Morgan fingerprint density at radius 3 is 2.79 bits per heavy atom. The van der Waals surface area contributed by atoms with Gasteiger partial charge in [-0.3, -0.25) is 14.5 Å². The molecule has 1 N–H and O–H groups in total. The van der Waals surface area contributed by atoms with Crippen molar-refractivity contribution in [2.75, 3.05) is 7.05 Å². The maximum absolute atomic E-state index is 12.5. The van der Waals surface area contributed by atoms with E-state index in [-0.39, 0.29) is 12.5 Å². The number of hydrogen-bond acceptors (Lipinski definition) is 5. The van der Waals surface area contributed by atoms with E-state index >= 15 is 0 Å². The number of amides is 1. The molecule has 1 amide bonds. The number of H-pyrrole nitrogens is 1. The zero-order chi connectivity index (χ0) is 17.1. The first-order valence-electron chi connectivity index (χ1n) is 7.38. The van der Waals surface area contributed by atoms with Gasteiger partial charge in [0.2, 0.25) is 5.91 Å². The third-order valence-electron chi connectivity index (χ3n) is 3.67. The van der Waals surface area contributed by atoms with Gasteiger partial charge in [0.15, 0.2) is 10.6 Å². The summed E-state index contributed by atoms with van der Waals surface area (Å²) in [5.41, 5.74) is 4.72. The minimum absolute atomic E-state index is 0.0474. The number of benzene rings is 1. The van der Waals surface area contributed by atoms with Crippen LogP contribution in [0.4, 0.5) is 0 Å². The molecule has 0 atom stereocenters. The fourth-order valence-electron chi connectivity index (χ4n) is 2.29. The van der Waals surface area contributed by atoms with Crippen LogP contribution in [0.5, 0.6) is 0 Å². The van der Waals surface area contributed by atoms with Crippen LogP contribution in [0.3, 0.4) is 0 Å². The maximum Gasteiger partial charge on any atom is 0.242 e. The molecule has 8 heteroatoms. The second-order valence-corrected chi connectivity index (χ2v) is 6.64. The van der Waals surface area contributed by atoms with E-state index in [4.69, 9.17) is 12.2 Å². The van der Waals surface area contributed by atoms with E-state index in [9.17, 15) is 4.79 Å². The summed E-state index contributed by atoms with van der Waals surface area (Å²) in [4.78, 5) is 18.4. The molecule has 0 saturated carbocycles. The van der Waals surface area contributed by atoms with Gasteiger partial charge in [0.25, 0.3) is 0 Å². The average molecular weight is 359 g/mol. The normalized spacial score (nSPS) is 10.8. The molecule has 6 nitrogen and oxygen atoms in total. The van der Waals surface area contributed by atoms with Crippen LogP contribution in [-0.2, 0) is 17.9 Å². The quantitative estimate of drug-likeness (QED) is 0.711. The van der Waals surface area contributed by atoms with Crippen molar-refractivity contribution in [1.82, 2.24) is 24.6 Å². The standard InChI is InChI=1S/C16H17N5OS2/c1-11-3-5-12(6-4-11)15-18-19-16(23)21(15)8-14(22)20(2)7-13-9-24-10-17-13/h3-6,9-10H,7-8H2,1-2H3,(H,19,23). The smallest absolute Gasteiger partial charge is 0.242 e. The lowest BCUT2D eigenvalue weighted by atomic mass is 10.1. The monoisotopic (exact) mass is 359 g/mol. The highest BCUT2D eigenvalue weighted by molar-refractivity contribution is 7.71. The van der Waals surface area contributed by atoms with Crippen LogP contribution >= 0.6 is 23.6 Å². The van der Waals surface area contributed by atoms with Crippen LogP contribution in [0.1, 0.15) is 11.3 Å². The Morgan fingerprint density at radius 2 is 2.12 bits per heavy atom. The number of aromatic nitrogens is 4. The number of likely N-dealkylation sites (N-methyl/N-ethyl adjacent to an activating group) is 1. The van der Waals surface area contributed by atoms with Crippen molar-refractivity contribution in [3.05, 3.63) is 51.2 Å². The van der Waals surface area contributed by atoms with Crippen molar-refractivity contribution in [3.63, 3.8) is 0 Å². The average Bonchev–Trinajstić information content (AvgIpc) is 3.19. The molecule has 0 aliphatic carbocycles. The second kappa shape index (κ2) is 7.06. The molecule has 24 heavy (non-hydrogen) atoms. The SMILES string of the molecule is Cc1ccc(-c2n[nH]c(=S)n2CC(=O)N(C)Cc2cscn2)cc1. The summed E-state index contributed by atoms with van der Waals surface area (Å²) in [5.74, 6) is 0.615. The van der Waals surface area contributed by atoms with Gasteiger partial charge in [-0.05, 0) is 19.1 Å². The third-order valence-corrected chi connectivity index (χ3v) is 4.62. The predicted octanol–water partition coefficient (Wildman–Crippen LogP) is 3.03. The van der Waals surface area contributed by atoms with E-state index in [1.54, 1.807) is 22.0 Å². The molecule has 2 aromatic heterocycles. The van der Waals surface area contributed by atoms with Gasteiger partial charge in [0.1, 0.15) is 6.54 Å². The van der Waals surface area contributed by atoms with Crippen LogP contribution < -0.4 is 0 Å². The second-order valence-electron chi connectivity index (χ2n) is 5.53. The largest absolute Gasteiger partial charge is 0.338 e. The Labute approximate surface area is 148 Å². The lowest BCUT2D eigenvalue weighted by Gasteiger charge is -2.16. The van der Waals surface area contributed by atoms with Crippen LogP contribution in [-0.4, -0.2) is 37.6 Å². The van der Waals surface area contributed by atoms with Gasteiger partial charge < -0.3 is 4.90 Å². The summed E-state index contributed by atoms with van der Waals surface area (Å²) in [6, 6.07) is 7.96. The van der Waals surface area contributed by atoms with E-state index in [1.807, 2.05) is 36.6 Å². The number of carbonyl (C=O) groups is 1. The summed E-state index contributed by atoms with van der Waals surface area (Å²) < 4.78 is 2.15. The Hall–Kier alpha value is -2.32. The van der Waals surface area contributed by atoms with Crippen LogP contribution in [0.15, 0.2) is 35.2 Å². The first kappa shape index (κ1) is 16.5. The minimum atomic E-state index is -0.0474. The van der Waals surface area contributed by atoms with Gasteiger partial charge in [-0.2, -0.15) is 5.10 Å². The molecular weight excluding hydrogens is 342 g/mol. The van der Waals surface area contributed by atoms with Crippen molar-refractivity contribution < 1.29 is 4.79 Å². The highest BCUT2D eigenvalue weighted by atomic mass is 32.1. The summed E-state index contributed by atoms with van der Waals surface area (Å²) in [5, 5.41) is 8.98. The molecule has 0 radical (unpaired) electrons. The lowest BCUT2D eigenvalue weighted by Crippen LogP contribution is -2.30. The zero-order valence-corrected chi connectivity index (χ0v) is 15.0. The molecule has 124 valence electrons. The molecule has 3 rings (SSSR count). The van der Waals surface area contributed by atoms with Crippen LogP contribution in [0.2, 0.25) is 0 Å². The van der Waals surface area contributed by atoms with Crippen molar-refractivity contribution in [2.45, 2.75) is 20.0 Å². The summed E-state index contributed by atoms with van der Waals surface area (Å²) in [6.07, 6.45) is 0. The number of thiazole rings is 1. The van der Waals surface area contributed by atoms with Crippen molar-refractivity contribution in [3.8, 4) is 11.4 Å². The molecule has 0 bridgehead atoms. The number of aromatic amines is 1. The van der Waals surface area contributed by atoms with Crippen molar-refractivity contribution >= 4 is 29.5 Å². The summed E-state index contributed by atoms with van der Waals surface area (Å²) in [7, 11) is 1.76. The fraction of sp³-hybridized carbons (Fsp3) is 0.250. The van der Waals surface area contributed by atoms with Crippen LogP contribution in [0, 0.1) is 11.7 Å². The third kappa shape index (κ3) is 3.60. The Kier molecular flexibility index (Phi) is 4.86. The van der Waals surface area contributed by atoms with Gasteiger partial charge in [0, 0.05) is 18.0 Å². The highest BCUT2D eigenvalue weighted by Gasteiger charge is 2.16. The van der Waals surface area contributed by atoms with Gasteiger partial charge in [-0.25, -0.2) is 4.98 Å². The Balaban J connectivity index is 1.80. The summed E-state index contributed by atoms with van der Waals surface area (Å²) >= 11 is 6.80. The number of hydrogen-bond donors (Lipinski definition) is 1. The Morgan fingerprint density at radius 1 is 1.38 bits per heavy atom. The molecule has 0 spiro atoms. The van der Waals surface area contributed by atoms with E-state index in [2.05, 4.69) is 15.2 Å². The first-order chi connectivity index (χ1) is 11.5. The molecule has 1 aromatic carbocycles. The number of nitrogens with zero attached hydrogens (tertiary/aromatic N) is 4. The van der Waals surface area contributed by atoms with Gasteiger partial charge >= 0.3 is 0 Å². The molecule has 0 fully saturated rings. The molecular formula is C16H17N5OS2. The van der Waals surface area contributed by atoms with E-state index < -0.39 is 0 Å². The number of carbonyl (C=O) groups excluding carboxylic acids is 1. The topological polar surface area (TPSA) is 66.8 Å². The summed E-state index contributed by atoms with van der Waals surface area (Å²) in [6.45, 7) is 2.64.